The van der Waals surface area contributed by atoms with Crippen molar-refractivity contribution >= 4 is 6.03 Å². The van der Waals surface area contributed by atoms with E-state index in [1.54, 1.807) is 13.8 Å². The Morgan fingerprint density at radius 2 is 1.94 bits per heavy atom. The van der Waals surface area contributed by atoms with E-state index in [0.29, 0.717) is 25.9 Å². The molecule has 0 saturated carbocycles. The van der Waals surface area contributed by atoms with E-state index < -0.39 is 18.8 Å². The van der Waals surface area contributed by atoms with Crippen molar-refractivity contribution in [1.29, 1.82) is 0 Å². The highest BCUT2D eigenvalue weighted by atomic mass is 19.4. The third kappa shape index (κ3) is 5.12. The van der Waals surface area contributed by atoms with Gasteiger partial charge in [-0.25, -0.2) is 4.79 Å². The second-order valence-electron chi connectivity index (χ2n) is 4.83. The predicted molar refractivity (Wildman–Crippen MR) is 62.3 cm³/mol. The van der Waals surface area contributed by atoms with Gasteiger partial charge in [-0.05, 0) is 39.8 Å². The number of nitrogens with one attached hydrogen (secondary N) is 2. The standard InChI is InChI=1S/C11H20F3N3O/c1-8(2)16-10(18)17(7-11(12,13)14)9-3-5-15-6-4-9/h8-9,15H,3-7H2,1-2H3,(H,16,18). The van der Waals surface area contributed by atoms with Crippen LogP contribution in [0.15, 0.2) is 0 Å². The Kier molecular flexibility index (Phi) is 5.25. The Balaban J connectivity index is 2.70. The molecule has 1 heterocycles. The van der Waals surface area contributed by atoms with Gasteiger partial charge in [0.05, 0.1) is 0 Å². The fourth-order valence-electron chi connectivity index (χ4n) is 2.01. The highest BCUT2D eigenvalue weighted by molar-refractivity contribution is 5.74. The molecule has 18 heavy (non-hydrogen) atoms. The molecule has 0 spiro atoms. The van der Waals surface area contributed by atoms with Crippen molar-refractivity contribution in [1.82, 2.24) is 15.5 Å². The maximum atomic E-state index is 12.5. The number of carbonyl (C=O) groups is 1. The summed E-state index contributed by atoms with van der Waals surface area (Å²) in [5, 5.41) is 5.60. The first kappa shape index (κ1) is 15.1. The number of hydrogen-bond acceptors (Lipinski definition) is 2. The molecule has 0 bridgehead atoms. The molecular weight excluding hydrogens is 247 g/mol. The Morgan fingerprint density at radius 1 is 1.39 bits per heavy atom. The molecule has 7 heteroatoms. The van der Waals surface area contributed by atoms with Crippen LogP contribution < -0.4 is 10.6 Å². The highest BCUT2D eigenvalue weighted by Gasteiger charge is 2.37. The van der Waals surface area contributed by atoms with Crippen LogP contribution in [-0.2, 0) is 0 Å². The van der Waals surface area contributed by atoms with Crippen LogP contribution in [0.4, 0.5) is 18.0 Å². The van der Waals surface area contributed by atoms with Gasteiger partial charge in [0, 0.05) is 12.1 Å². The number of hydrogen-bond donors (Lipinski definition) is 2. The number of urea groups is 1. The van der Waals surface area contributed by atoms with E-state index in [0.717, 1.165) is 4.90 Å². The van der Waals surface area contributed by atoms with Gasteiger partial charge in [0.15, 0.2) is 0 Å². The fraction of sp³-hybridized carbons (Fsp3) is 0.909. The van der Waals surface area contributed by atoms with Crippen LogP contribution in [0.3, 0.4) is 0 Å². The second-order valence-corrected chi connectivity index (χ2v) is 4.83. The molecule has 1 fully saturated rings. The largest absolute Gasteiger partial charge is 0.406 e. The van der Waals surface area contributed by atoms with E-state index in [2.05, 4.69) is 10.6 Å². The van der Waals surface area contributed by atoms with Gasteiger partial charge in [-0.1, -0.05) is 0 Å². The average molecular weight is 267 g/mol. The smallest absolute Gasteiger partial charge is 0.336 e. The van der Waals surface area contributed by atoms with Gasteiger partial charge in [-0.15, -0.1) is 0 Å². The summed E-state index contributed by atoms with van der Waals surface area (Å²) in [4.78, 5) is 12.7. The molecule has 1 aliphatic heterocycles. The van der Waals surface area contributed by atoms with Crippen LogP contribution in [0.2, 0.25) is 0 Å². The van der Waals surface area contributed by atoms with Crippen LogP contribution in [0.25, 0.3) is 0 Å². The third-order valence-corrected chi connectivity index (χ3v) is 2.77. The molecule has 1 saturated heterocycles. The summed E-state index contributed by atoms with van der Waals surface area (Å²) in [6.45, 7) is 3.57. The van der Waals surface area contributed by atoms with E-state index in [9.17, 15) is 18.0 Å². The monoisotopic (exact) mass is 267 g/mol. The van der Waals surface area contributed by atoms with Crippen LogP contribution in [0.1, 0.15) is 26.7 Å². The number of carbonyl (C=O) groups excluding carboxylic acids is 1. The molecule has 0 aromatic rings. The van der Waals surface area contributed by atoms with Crippen molar-refractivity contribution in [2.75, 3.05) is 19.6 Å². The lowest BCUT2D eigenvalue weighted by Crippen LogP contribution is -2.54. The normalized spacial score (nSPS) is 17.9. The number of nitrogens with zero attached hydrogens (tertiary/aromatic N) is 1. The number of alkyl halides is 3. The zero-order valence-corrected chi connectivity index (χ0v) is 10.7. The van der Waals surface area contributed by atoms with E-state index in [1.807, 2.05) is 0 Å². The van der Waals surface area contributed by atoms with Gasteiger partial charge < -0.3 is 15.5 Å². The lowest BCUT2D eigenvalue weighted by molar-refractivity contribution is -0.144. The highest BCUT2D eigenvalue weighted by Crippen LogP contribution is 2.21. The van der Waals surface area contributed by atoms with Crippen molar-refractivity contribution < 1.29 is 18.0 Å². The molecule has 106 valence electrons. The lowest BCUT2D eigenvalue weighted by Gasteiger charge is -2.35. The molecule has 0 aromatic carbocycles. The zero-order chi connectivity index (χ0) is 13.8. The maximum Gasteiger partial charge on any atom is 0.406 e. The minimum atomic E-state index is -4.36. The molecular formula is C11H20F3N3O. The summed E-state index contributed by atoms with van der Waals surface area (Å²) in [6, 6.07) is -1.14. The number of halogens is 3. The Hall–Kier alpha value is -0.980. The first-order valence-corrected chi connectivity index (χ1v) is 6.14. The molecule has 1 aliphatic rings. The van der Waals surface area contributed by atoms with E-state index in [-0.39, 0.29) is 12.1 Å². The Labute approximate surface area is 105 Å². The first-order chi connectivity index (χ1) is 8.29. The number of piperidine rings is 1. The molecule has 0 atom stereocenters. The summed E-state index contributed by atoms with van der Waals surface area (Å²) >= 11 is 0. The maximum absolute atomic E-state index is 12.5. The fourth-order valence-corrected chi connectivity index (χ4v) is 2.01. The number of amides is 2. The Morgan fingerprint density at radius 3 is 2.39 bits per heavy atom. The van der Waals surface area contributed by atoms with Gasteiger partial charge >= 0.3 is 12.2 Å². The molecule has 2 N–H and O–H groups in total. The topological polar surface area (TPSA) is 44.4 Å². The van der Waals surface area contributed by atoms with Crippen molar-refractivity contribution in [3.05, 3.63) is 0 Å². The van der Waals surface area contributed by atoms with Gasteiger partial charge in [0.2, 0.25) is 0 Å². The summed E-state index contributed by atoms with van der Waals surface area (Å²) < 4.78 is 37.6. The Bertz CT molecular complexity index is 275. The molecule has 4 nitrogen and oxygen atoms in total. The van der Waals surface area contributed by atoms with E-state index in [4.69, 9.17) is 0 Å². The van der Waals surface area contributed by atoms with Gasteiger partial charge in [-0.3, -0.25) is 0 Å². The van der Waals surface area contributed by atoms with Crippen LogP contribution >= 0.6 is 0 Å². The molecule has 0 aromatic heterocycles. The molecule has 1 rings (SSSR count). The van der Waals surface area contributed by atoms with Crippen LogP contribution in [-0.4, -0.2) is 48.8 Å². The number of rotatable bonds is 3. The molecule has 0 unspecified atom stereocenters. The summed E-state index contributed by atoms with van der Waals surface area (Å²) in [5.74, 6) is 0. The third-order valence-electron chi connectivity index (χ3n) is 2.77. The van der Waals surface area contributed by atoms with Gasteiger partial charge in [0.25, 0.3) is 0 Å². The quantitative estimate of drug-likeness (QED) is 0.817. The van der Waals surface area contributed by atoms with Crippen LogP contribution in [0, 0.1) is 0 Å². The average Bonchev–Trinajstić information content (AvgIpc) is 2.25. The molecule has 0 radical (unpaired) electrons. The first-order valence-electron chi connectivity index (χ1n) is 6.14. The van der Waals surface area contributed by atoms with Crippen LogP contribution in [0.5, 0.6) is 0 Å². The minimum Gasteiger partial charge on any atom is -0.336 e. The summed E-state index contributed by atoms with van der Waals surface area (Å²) in [7, 11) is 0. The second kappa shape index (κ2) is 6.26. The molecule has 0 aliphatic carbocycles. The van der Waals surface area contributed by atoms with Gasteiger partial charge in [-0.2, -0.15) is 13.2 Å². The SMILES string of the molecule is CC(C)NC(=O)N(CC(F)(F)F)C1CCNCC1. The van der Waals surface area contributed by atoms with Crippen molar-refractivity contribution in [3.8, 4) is 0 Å². The lowest BCUT2D eigenvalue weighted by atomic mass is 10.1. The summed E-state index contributed by atoms with van der Waals surface area (Å²) in [6.07, 6.45) is -3.25. The zero-order valence-electron chi connectivity index (χ0n) is 10.7. The van der Waals surface area contributed by atoms with Crippen molar-refractivity contribution in [2.45, 2.75) is 44.9 Å². The minimum absolute atomic E-state index is 0.171. The van der Waals surface area contributed by atoms with E-state index in [1.165, 1.54) is 0 Å². The van der Waals surface area contributed by atoms with Crippen molar-refractivity contribution in [2.24, 2.45) is 0 Å². The predicted octanol–water partition coefficient (Wildman–Crippen LogP) is 1.72. The summed E-state index contributed by atoms with van der Waals surface area (Å²) in [5.41, 5.74) is 0. The van der Waals surface area contributed by atoms with Crippen molar-refractivity contribution in [3.63, 3.8) is 0 Å². The van der Waals surface area contributed by atoms with E-state index >= 15 is 0 Å². The van der Waals surface area contributed by atoms with Gasteiger partial charge in [0.1, 0.15) is 6.54 Å². The molecule has 2 amide bonds.